The molecule has 2 aromatic carbocycles. The van der Waals surface area contributed by atoms with Crippen molar-refractivity contribution in [2.45, 2.75) is 27.7 Å². The number of benzene rings is 2. The Morgan fingerprint density at radius 1 is 1.04 bits per heavy atom. The van der Waals surface area contributed by atoms with Crippen LogP contribution in [0.4, 0.5) is 0 Å². The number of rotatable bonds is 4. The zero-order valence-corrected chi connectivity index (χ0v) is 16.6. The summed E-state index contributed by atoms with van der Waals surface area (Å²) in [4.78, 5) is 12.2. The highest BCUT2D eigenvalue weighted by Crippen LogP contribution is 2.25. The first kappa shape index (κ1) is 18.9. The Labute approximate surface area is 164 Å². The molecule has 1 aromatic heterocycles. The number of hydrazone groups is 1. The minimum Gasteiger partial charge on any atom is -0.318 e. The van der Waals surface area contributed by atoms with E-state index in [1.165, 1.54) is 0 Å². The number of amides is 1. The van der Waals surface area contributed by atoms with E-state index in [4.69, 9.17) is 11.6 Å². The summed E-state index contributed by atoms with van der Waals surface area (Å²) in [7, 11) is 0. The van der Waals surface area contributed by atoms with Gasteiger partial charge in [0.15, 0.2) is 0 Å². The molecule has 0 saturated heterocycles. The third kappa shape index (κ3) is 4.12. The SMILES string of the molecule is Cc1ccc(C(=O)N/N=C\c2cc(C)n(-c3cc(Cl)ccc3C)c2C)cc1. The lowest BCUT2D eigenvalue weighted by molar-refractivity contribution is 0.0955. The summed E-state index contributed by atoms with van der Waals surface area (Å²) < 4.78 is 2.14. The Hall–Kier alpha value is -2.85. The fourth-order valence-electron chi connectivity index (χ4n) is 3.04. The number of hydrogen-bond acceptors (Lipinski definition) is 2. The summed E-state index contributed by atoms with van der Waals surface area (Å²) in [6.45, 7) is 8.10. The maximum Gasteiger partial charge on any atom is 0.271 e. The molecule has 0 aliphatic rings. The molecule has 0 spiro atoms. The number of carbonyl (C=O) groups is 1. The Kier molecular flexibility index (Phi) is 5.47. The van der Waals surface area contributed by atoms with Crippen LogP contribution in [0.3, 0.4) is 0 Å². The fourth-order valence-corrected chi connectivity index (χ4v) is 3.21. The molecule has 1 heterocycles. The van der Waals surface area contributed by atoms with Crippen LogP contribution in [-0.2, 0) is 0 Å². The average Bonchev–Trinajstić information content (AvgIpc) is 2.91. The second-order valence-electron chi connectivity index (χ2n) is 6.66. The van der Waals surface area contributed by atoms with Gasteiger partial charge in [0.2, 0.25) is 0 Å². The van der Waals surface area contributed by atoms with Crippen LogP contribution in [0.25, 0.3) is 5.69 Å². The molecule has 0 bridgehead atoms. The second kappa shape index (κ2) is 7.80. The highest BCUT2D eigenvalue weighted by atomic mass is 35.5. The van der Waals surface area contributed by atoms with Crippen molar-refractivity contribution in [2.24, 2.45) is 5.10 Å². The number of aryl methyl sites for hydroxylation is 3. The first-order valence-electron chi connectivity index (χ1n) is 8.72. The van der Waals surface area contributed by atoms with Gasteiger partial charge in [-0.1, -0.05) is 35.4 Å². The molecule has 0 fully saturated rings. The quantitative estimate of drug-likeness (QED) is 0.495. The molecule has 0 atom stereocenters. The van der Waals surface area contributed by atoms with Crippen LogP contribution in [0.1, 0.15) is 38.4 Å². The lowest BCUT2D eigenvalue weighted by Crippen LogP contribution is -2.17. The van der Waals surface area contributed by atoms with E-state index in [0.717, 1.165) is 33.8 Å². The van der Waals surface area contributed by atoms with Gasteiger partial charge in [-0.3, -0.25) is 4.79 Å². The molecule has 4 nitrogen and oxygen atoms in total. The summed E-state index contributed by atoms with van der Waals surface area (Å²) in [6, 6.07) is 15.3. The van der Waals surface area contributed by atoms with Crippen molar-refractivity contribution in [3.63, 3.8) is 0 Å². The van der Waals surface area contributed by atoms with Crippen LogP contribution in [0, 0.1) is 27.7 Å². The maximum absolute atomic E-state index is 12.2. The summed E-state index contributed by atoms with van der Waals surface area (Å²) in [5.74, 6) is -0.231. The molecule has 1 amide bonds. The zero-order chi connectivity index (χ0) is 19.6. The van der Waals surface area contributed by atoms with Crippen LogP contribution in [0.15, 0.2) is 53.6 Å². The van der Waals surface area contributed by atoms with Gasteiger partial charge in [0.1, 0.15) is 0 Å². The van der Waals surface area contributed by atoms with Crippen LogP contribution < -0.4 is 5.43 Å². The minimum atomic E-state index is -0.231. The van der Waals surface area contributed by atoms with Crippen molar-refractivity contribution in [1.29, 1.82) is 0 Å². The van der Waals surface area contributed by atoms with Gasteiger partial charge in [-0.2, -0.15) is 5.10 Å². The molecule has 3 rings (SSSR count). The van der Waals surface area contributed by atoms with Crippen molar-refractivity contribution in [2.75, 3.05) is 0 Å². The third-order valence-electron chi connectivity index (χ3n) is 4.57. The number of aromatic nitrogens is 1. The van der Waals surface area contributed by atoms with Crippen molar-refractivity contribution in [3.05, 3.63) is 87.2 Å². The van der Waals surface area contributed by atoms with Crippen molar-refractivity contribution in [1.82, 2.24) is 9.99 Å². The second-order valence-corrected chi connectivity index (χ2v) is 7.09. The first-order chi connectivity index (χ1) is 12.9. The van der Waals surface area contributed by atoms with Gasteiger partial charge >= 0.3 is 0 Å². The van der Waals surface area contributed by atoms with Crippen LogP contribution in [0.5, 0.6) is 0 Å². The van der Waals surface area contributed by atoms with E-state index >= 15 is 0 Å². The smallest absolute Gasteiger partial charge is 0.271 e. The highest BCUT2D eigenvalue weighted by molar-refractivity contribution is 6.30. The Morgan fingerprint density at radius 2 is 1.74 bits per heavy atom. The molecule has 0 saturated carbocycles. The summed E-state index contributed by atoms with van der Waals surface area (Å²) >= 11 is 6.18. The molecule has 138 valence electrons. The van der Waals surface area contributed by atoms with Gasteiger partial charge < -0.3 is 4.57 Å². The number of nitrogens with zero attached hydrogens (tertiary/aromatic N) is 2. The van der Waals surface area contributed by atoms with Gasteiger partial charge in [0, 0.05) is 33.2 Å². The number of hydrogen-bond donors (Lipinski definition) is 1. The van der Waals surface area contributed by atoms with Crippen molar-refractivity contribution < 1.29 is 4.79 Å². The Balaban J connectivity index is 1.82. The molecule has 1 N–H and O–H groups in total. The van der Waals surface area contributed by atoms with Gasteiger partial charge in [-0.15, -0.1) is 0 Å². The minimum absolute atomic E-state index is 0.231. The summed E-state index contributed by atoms with van der Waals surface area (Å²) in [6.07, 6.45) is 1.67. The van der Waals surface area contributed by atoms with Gasteiger partial charge in [0.25, 0.3) is 5.91 Å². The van der Waals surface area contributed by atoms with Gasteiger partial charge in [-0.05, 0) is 63.6 Å². The number of nitrogens with one attached hydrogen (secondary N) is 1. The van der Waals surface area contributed by atoms with E-state index in [9.17, 15) is 4.79 Å². The molecule has 3 aromatic rings. The van der Waals surface area contributed by atoms with E-state index in [2.05, 4.69) is 22.0 Å². The molecular weight excluding hydrogens is 358 g/mol. The van der Waals surface area contributed by atoms with Gasteiger partial charge in [0.05, 0.1) is 6.21 Å². The lowest BCUT2D eigenvalue weighted by atomic mass is 10.1. The van der Waals surface area contributed by atoms with Gasteiger partial charge in [-0.25, -0.2) is 5.43 Å². The normalized spacial score (nSPS) is 11.1. The fraction of sp³-hybridized carbons (Fsp3) is 0.182. The first-order valence-corrected chi connectivity index (χ1v) is 9.10. The predicted octanol–water partition coefficient (Wildman–Crippen LogP) is 5.13. The van der Waals surface area contributed by atoms with Crippen molar-refractivity contribution in [3.8, 4) is 5.69 Å². The Bertz CT molecular complexity index is 1020. The van der Waals surface area contributed by atoms with Crippen LogP contribution >= 0.6 is 11.6 Å². The van der Waals surface area contributed by atoms with E-state index in [0.29, 0.717) is 10.6 Å². The molecule has 0 aliphatic heterocycles. The van der Waals surface area contributed by atoms with Crippen LogP contribution in [-0.4, -0.2) is 16.7 Å². The standard InChI is InChI=1S/C22H22ClN3O/c1-14-5-8-18(9-6-14)22(27)25-24-13-19-11-16(3)26(17(19)4)21-12-20(23)10-7-15(21)2/h5-13H,1-4H3,(H,25,27)/b24-13-. The highest BCUT2D eigenvalue weighted by Gasteiger charge is 2.12. The topological polar surface area (TPSA) is 46.4 Å². The molecular formula is C22H22ClN3O. The summed E-state index contributed by atoms with van der Waals surface area (Å²) in [5, 5.41) is 4.82. The summed E-state index contributed by atoms with van der Waals surface area (Å²) in [5.41, 5.74) is 9.50. The van der Waals surface area contributed by atoms with E-state index < -0.39 is 0 Å². The number of carbonyl (C=O) groups excluding carboxylic acids is 1. The van der Waals surface area contributed by atoms with E-state index in [-0.39, 0.29) is 5.91 Å². The molecule has 27 heavy (non-hydrogen) atoms. The zero-order valence-electron chi connectivity index (χ0n) is 15.9. The van der Waals surface area contributed by atoms with Crippen LogP contribution in [0.2, 0.25) is 5.02 Å². The van der Waals surface area contributed by atoms with E-state index in [1.807, 2.05) is 57.2 Å². The van der Waals surface area contributed by atoms with E-state index in [1.54, 1.807) is 18.3 Å². The number of halogens is 1. The predicted molar refractivity (Wildman–Crippen MR) is 111 cm³/mol. The largest absolute Gasteiger partial charge is 0.318 e. The Morgan fingerprint density at radius 3 is 2.44 bits per heavy atom. The third-order valence-corrected chi connectivity index (χ3v) is 4.80. The molecule has 0 radical (unpaired) electrons. The average molecular weight is 380 g/mol. The maximum atomic E-state index is 12.2. The molecule has 5 heteroatoms. The molecule has 0 unspecified atom stereocenters. The molecule has 0 aliphatic carbocycles. The monoisotopic (exact) mass is 379 g/mol. The lowest BCUT2D eigenvalue weighted by Gasteiger charge is -2.13. The van der Waals surface area contributed by atoms with Crippen molar-refractivity contribution >= 4 is 23.7 Å².